The van der Waals surface area contributed by atoms with Gasteiger partial charge in [-0.05, 0) is 24.6 Å². The van der Waals surface area contributed by atoms with Crippen LogP contribution in [0.25, 0.3) is 22.1 Å². The fraction of sp³-hybridized carbons (Fsp3) is 0.333. The lowest BCUT2D eigenvalue weighted by molar-refractivity contribution is -0.152. The van der Waals surface area contributed by atoms with Gasteiger partial charge in [-0.3, -0.25) is 4.79 Å². The first-order chi connectivity index (χ1) is 15.8. The van der Waals surface area contributed by atoms with Crippen molar-refractivity contribution < 1.29 is 36.6 Å². The van der Waals surface area contributed by atoms with E-state index in [4.69, 9.17) is 18.6 Å². The minimum atomic E-state index is -4.94. The van der Waals surface area contributed by atoms with E-state index in [1.165, 1.54) is 37.4 Å². The Hall–Kier alpha value is -3.49. The molecular formula is C24H23F3O6. The Morgan fingerprint density at radius 3 is 2.55 bits per heavy atom. The van der Waals surface area contributed by atoms with E-state index in [0.717, 1.165) is 25.3 Å². The van der Waals surface area contributed by atoms with E-state index in [-0.39, 0.29) is 34.6 Å². The maximum absolute atomic E-state index is 13.8. The highest BCUT2D eigenvalue weighted by molar-refractivity contribution is 5.85. The second kappa shape index (κ2) is 10.4. The van der Waals surface area contributed by atoms with Gasteiger partial charge in [-0.15, -0.1) is 0 Å². The van der Waals surface area contributed by atoms with Crippen LogP contribution in [0.4, 0.5) is 13.2 Å². The average molecular weight is 464 g/mol. The van der Waals surface area contributed by atoms with Crippen molar-refractivity contribution in [1.29, 1.82) is 0 Å². The summed E-state index contributed by atoms with van der Waals surface area (Å²) in [6.45, 7) is 1.86. The third-order valence-corrected chi connectivity index (χ3v) is 4.87. The van der Waals surface area contributed by atoms with E-state index in [1.54, 1.807) is 6.07 Å². The number of methoxy groups -OCH3 is 1. The van der Waals surface area contributed by atoms with E-state index in [0.29, 0.717) is 0 Å². The number of carbonyl (C=O) groups excluding carboxylic acids is 1. The molecule has 0 saturated heterocycles. The Morgan fingerprint density at radius 2 is 1.85 bits per heavy atom. The molecule has 1 aromatic heterocycles. The van der Waals surface area contributed by atoms with Gasteiger partial charge in [0.2, 0.25) is 11.2 Å². The van der Waals surface area contributed by atoms with Crippen LogP contribution in [0.1, 0.15) is 31.9 Å². The summed E-state index contributed by atoms with van der Waals surface area (Å²) in [5.74, 6) is -1.88. The summed E-state index contributed by atoms with van der Waals surface area (Å²) >= 11 is 0. The number of para-hydroxylation sites is 1. The van der Waals surface area contributed by atoms with Gasteiger partial charge in [-0.1, -0.05) is 38.0 Å². The molecule has 9 heteroatoms. The molecule has 0 spiro atoms. The summed E-state index contributed by atoms with van der Waals surface area (Å²) in [6.07, 6.45) is -2.30. The molecule has 2 aromatic carbocycles. The van der Waals surface area contributed by atoms with Crippen LogP contribution in [0.5, 0.6) is 11.5 Å². The second-order valence-corrected chi connectivity index (χ2v) is 7.21. The summed E-state index contributed by atoms with van der Waals surface area (Å²) in [6, 6.07) is 9.71. The third kappa shape index (κ3) is 5.66. The van der Waals surface area contributed by atoms with Crippen molar-refractivity contribution in [3.63, 3.8) is 0 Å². The highest BCUT2D eigenvalue weighted by Crippen LogP contribution is 2.40. The molecule has 0 fully saturated rings. The standard InChI is InChI=1S/C24H23F3O6/c1-3-4-7-12-31-20(28)14-32-15-10-11-17-19(13-15)33-23(24(25,26)27)21(22(17)29)16-8-5-6-9-18(16)30-2/h5-6,8-11,13H,3-4,7,12,14H2,1-2H3. The number of benzene rings is 2. The minimum absolute atomic E-state index is 0.0332. The predicted octanol–water partition coefficient (Wildman–Crippen LogP) is 5.60. The molecule has 0 atom stereocenters. The molecule has 176 valence electrons. The largest absolute Gasteiger partial charge is 0.496 e. The number of unbranched alkanes of at least 4 members (excludes halogenated alkanes) is 2. The molecule has 0 radical (unpaired) electrons. The lowest BCUT2D eigenvalue weighted by Gasteiger charge is -2.15. The third-order valence-electron chi connectivity index (χ3n) is 4.87. The number of halogens is 3. The number of ether oxygens (including phenoxy) is 3. The van der Waals surface area contributed by atoms with Gasteiger partial charge in [0, 0.05) is 11.6 Å². The number of hydrogen-bond acceptors (Lipinski definition) is 6. The van der Waals surface area contributed by atoms with Gasteiger partial charge in [-0.25, -0.2) is 4.79 Å². The van der Waals surface area contributed by atoms with E-state index >= 15 is 0 Å². The molecule has 3 aromatic rings. The van der Waals surface area contributed by atoms with E-state index < -0.39 is 35.5 Å². The molecule has 0 aliphatic heterocycles. The van der Waals surface area contributed by atoms with Gasteiger partial charge in [-0.2, -0.15) is 13.2 Å². The number of hydrogen-bond donors (Lipinski definition) is 0. The number of carbonyl (C=O) groups is 1. The number of rotatable bonds is 9. The monoisotopic (exact) mass is 464 g/mol. The Bertz CT molecular complexity index is 1180. The smallest absolute Gasteiger partial charge is 0.450 e. The summed E-state index contributed by atoms with van der Waals surface area (Å²) in [5, 5.41) is -0.0709. The first-order valence-corrected chi connectivity index (χ1v) is 10.4. The molecule has 0 unspecified atom stereocenters. The van der Waals surface area contributed by atoms with Crippen molar-refractivity contribution in [3.8, 4) is 22.6 Å². The molecule has 33 heavy (non-hydrogen) atoms. The molecule has 0 aliphatic carbocycles. The fourth-order valence-electron chi connectivity index (χ4n) is 3.28. The zero-order chi connectivity index (χ0) is 24.0. The highest BCUT2D eigenvalue weighted by Gasteiger charge is 2.40. The van der Waals surface area contributed by atoms with Crippen molar-refractivity contribution in [2.45, 2.75) is 32.4 Å². The molecular weight excluding hydrogens is 441 g/mol. The van der Waals surface area contributed by atoms with Crippen LogP contribution in [-0.2, 0) is 15.7 Å². The lowest BCUT2D eigenvalue weighted by Crippen LogP contribution is -2.17. The van der Waals surface area contributed by atoms with Gasteiger partial charge in [0.05, 0.1) is 24.7 Å². The number of esters is 1. The fourth-order valence-corrected chi connectivity index (χ4v) is 3.28. The predicted molar refractivity (Wildman–Crippen MR) is 115 cm³/mol. The summed E-state index contributed by atoms with van der Waals surface area (Å²) in [5.41, 5.74) is -1.86. The van der Waals surface area contributed by atoms with Crippen LogP contribution < -0.4 is 14.9 Å². The van der Waals surface area contributed by atoms with Gasteiger partial charge in [0.25, 0.3) is 0 Å². The van der Waals surface area contributed by atoms with Gasteiger partial charge >= 0.3 is 12.1 Å². The molecule has 0 aliphatic rings. The zero-order valence-corrected chi connectivity index (χ0v) is 18.2. The Kier molecular flexibility index (Phi) is 7.63. The maximum atomic E-state index is 13.8. The molecule has 0 bridgehead atoms. The molecule has 0 amide bonds. The molecule has 1 heterocycles. The van der Waals surface area contributed by atoms with Crippen molar-refractivity contribution in [2.24, 2.45) is 0 Å². The maximum Gasteiger partial charge on any atom is 0.450 e. The van der Waals surface area contributed by atoms with Crippen molar-refractivity contribution in [1.82, 2.24) is 0 Å². The van der Waals surface area contributed by atoms with Crippen LogP contribution in [0.3, 0.4) is 0 Å². The molecule has 0 saturated carbocycles. The first kappa shape index (κ1) is 24.2. The van der Waals surface area contributed by atoms with Crippen molar-refractivity contribution in [2.75, 3.05) is 20.3 Å². The molecule has 0 N–H and O–H groups in total. The molecule has 6 nitrogen and oxygen atoms in total. The normalized spacial score (nSPS) is 11.4. The Labute approximate surface area is 187 Å². The first-order valence-electron chi connectivity index (χ1n) is 10.4. The Balaban J connectivity index is 1.96. The SMILES string of the molecule is CCCCCOC(=O)COc1ccc2c(=O)c(-c3ccccc3OC)c(C(F)(F)F)oc2c1. The van der Waals surface area contributed by atoms with Crippen molar-refractivity contribution in [3.05, 3.63) is 58.4 Å². The van der Waals surface area contributed by atoms with E-state index in [2.05, 4.69) is 0 Å². The highest BCUT2D eigenvalue weighted by atomic mass is 19.4. The van der Waals surface area contributed by atoms with E-state index in [1.807, 2.05) is 6.92 Å². The van der Waals surface area contributed by atoms with Gasteiger partial charge in [0.1, 0.15) is 17.1 Å². The summed E-state index contributed by atoms with van der Waals surface area (Å²) in [7, 11) is 1.30. The van der Waals surface area contributed by atoms with Crippen molar-refractivity contribution >= 4 is 16.9 Å². The van der Waals surface area contributed by atoms with Crippen LogP contribution in [-0.4, -0.2) is 26.3 Å². The van der Waals surface area contributed by atoms with Gasteiger partial charge in [0.15, 0.2) is 6.61 Å². The quantitative estimate of drug-likeness (QED) is 0.303. The van der Waals surface area contributed by atoms with Crippen LogP contribution in [0.2, 0.25) is 0 Å². The van der Waals surface area contributed by atoms with Gasteiger partial charge < -0.3 is 18.6 Å². The van der Waals surface area contributed by atoms with E-state index in [9.17, 15) is 22.8 Å². The zero-order valence-electron chi connectivity index (χ0n) is 18.2. The molecule has 3 rings (SSSR count). The summed E-state index contributed by atoms with van der Waals surface area (Å²) < 4.78 is 62.1. The number of fused-ring (bicyclic) bond motifs is 1. The summed E-state index contributed by atoms with van der Waals surface area (Å²) in [4.78, 5) is 24.8. The van der Waals surface area contributed by atoms with Crippen LogP contribution >= 0.6 is 0 Å². The lowest BCUT2D eigenvalue weighted by atomic mass is 10.0. The number of alkyl halides is 3. The van der Waals surface area contributed by atoms with Crippen LogP contribution in [0.15, 0.2) is 51.7 Å². The topological polar surface area (TPSA) is 75.0 Å². The second-order valence-electron chi connectivity index (χ2n) is 7.21. The Morgan fingerprint density at radius 1 is 1.09 bits per heavy atom. The minimum Gasteiger partial charge on any atom is -0.496 e. The average Bonchev–Trinajstić information content (AvgIpc) is 2.79. The van der Waals surface area contributed by atoms with Crippen LogP contribution in [0, 0.1) is 0 Å².